The van der Waals surface area contributed by atoms with Crippen LogP contribution >= 0.6 is 15.9 Å². The van der Waals surface area contributed by atoms with Gasteiger partial charge in [0, 0.05) is 56.0 Å². The quantitative estimate of drug-likeness (QED) is 0.102. The Hall–Kier alpha value is -3.69. The van der Waals surface area contributed by atoms with Gasteiger partial charge in [-0.2, -0.15) is 5.10 Å². The van der Waals surface area contributed by atoms with Gasteiger partial charge in [0.1, 0.15) is 23.0 Å². The molecular weight excluding hydrogens is 664 g/mol. The summed E-state index contributed by atoms with van der Waals surface area (Å²) in [7, 11) is 0. The number of anilines is 2. The highest BCUT2D eigenvalue weighted by Gasteiger charge is 2.22. The maximum absolute atomic E-state index is 9.88. The van der Waals surface area contributed by atoms with Gasteiger partial charge >= 0.3 is 0 Å². The van der Waals surface area contributed by atoms with Gasteiger partial charge in [-0.1, -0.05) is 59.5 Å². The minimum Gasteiger partial charge on any atom is -0.457 e. The number of hydrogen-bond donors (Lipinski definition) is 2. The number of fused-ring (bicyclic) bond motifs is 1. The van der Waals surface area contributed by atoms with Crippen LogP contribution in [0.15, 0.2) is 86.5 Å². The summed E-state index contributed by atoms with van der Waals surface area (Å²) >= 11 is 3.81. The topological polar surface area (TPSA) is 85.6 Å². The average molecular weight is 718 g/mol. The number of aliphatic hydroxyl groups is 1. The van der Waals surface area contributed by atoms with Crippen molar-refractivity contribution in [3.63, 3.8) is 0 Å². The van der Waals surface area contributed by atoms with E-state index in [1.807, 2.05) is 41.8 Å². The van der Waals surface area contributed by atoms with E-state index >= 15 is 0 Å². The van der Waals surface area contributed by atoms with Crippen molar-refractivity contribution in [3.8, 4) is 5.75 Å². The number of pyridine rings is 1. The number of nitrogens with zero attached hydrogens (tertiary/aromatic N) is 5. The first-order chi connectivity index (χ1) is 23.1. The number of unbranched alkanes of at least 4 members (excludes halogenated alkanes) is 4. The van der Waals surface area contributed by atoms with E-state index in [1.54, 1.807) is 0 Å². The standard InChI is InChI=1S/C39H53BrN6O2/c1-8-10-12-14-19-45(25-27(3)26-47)39-34(40)22-29(5)37(44-39)38(41-18-13-11-9-2)43-32-15-16-36(28(4)21-32)48-33-17-20-46-35(23-33)31(7)30(6)24-42-46/h13,15-18,20-24,27,30,47H,8-12,14,19,25-26H2,1-7H3,(H,41,43)/b18-13+. The van der Waals surface area contributed by atoms with Gasteiger partial charge in [-0.05, 0) is 103 Å². The Balaban J connectivity index is 1.62. The van der Waals surface area contributed by atoms with Crippen molar-refractivity contribution >= 4 is 39.5 Å². The van der Waals surface area contributed by atoms with Gasteiger partial charge < -0.3 is 20.1 Å². The summed E-state index contributed by atoms with van der Waals surface area (Å²) in [4.78, 5) is 12.4. The molecule has 9 heteroatoms. The first kappa shape index (κ1) is 37.1. The molecule has 258 valence electrons. The highest BCUT2D eigenvalue weighted by Crippen LogP contribution is 2.32. The van der Waals surface area contributed by atoms with Crippen LogP contribution in [0.3, 0.4) is 0 Å². The summed E-state index contributed by atoms with van der Waals surface area (Å²) in [6.07, 6.45) is 18.5. The molecule has 1 aromatic heterocycles. The molecule has 0 saturated heterocycles. The van der Waals surface area contributed by atoms with Gasteiger partial charge in [-0.15, -0.1) is 0 Å². The summed E-state index contributed by atoms with van der Waals surface area (Å²) in [6.45, 7) is 16.6. The number of aromatic nitrogens is 1. The Morgan fingerprint density at radius 1 is 1.15 bits per heavy atom. The third kappa shape index (κ3) is 9.92. The molecule has 2 aliphatic heterocycles. The maximum atomic E-state index is 9.88. The van der Waals surface area contributed by atoms with Crippen molar-refractivity contribution in [3.05, 3.63) is 93.2 Å². The molecule has 0 fully saturated rings. The van der Waals surface area contributed by atoms with E-state index in [0.29, 0.717) is 5.84 Å². The fourth-order valence-corrected chi connectivity index (χ4v) is 6.24. The zero-order chi connectivity index (χ0) is 34.6. The summed E-state index contributed by atoms with van der Waals surface area (Å²) in [5.74, 6) is 3.52. The second-order valence-corrected chi connectivity index (χ2v) is 13.8. The molecule has 2 aromatic rings. The number of hydrazone groups is 1. The van der Waals surface area contributed by atoms with Crippen LogP contribution in [0, 0.1) is 25.7 Å². The molecule has 0 radical (unpaired) electrons. The summed E-state index contributed by atoms with van der Waals surface area (Å²) in [5.41, 5.74) is 6.00. The molecule has 0 aliphatic carbocycles. The van der Waals surface area contributed by atoms with Crippen molar-refractivity contribution in [1.29, 1.82) is 0 Å². The van der Waals surface area contributed by atoms with Crippen LogP contribution in [0.4, 0.5) is 11.5 Å². The van der Waals surface area contributed by atoms with Crippen molar-refractivity contribution in [1.82, 2.24) is 9.99 Å². The molecular formula is C39H53BrN6O2. The number of benzene rings is 1. The van der Waals surface area contributed by atoms with E-state index in [4.69, 9.17) is 14.7 Å². The van der Waals surface area contributed by atoms with Crippen molar-refractivity contribution < 1.29 is 9.84 Å². The van der Waals surface area contributed by atoms with Gasteiger partial charge in [0.2, 0.25) is 0 Å². The van der Waals surface area contributed by atoms with E-state index in [0.717, 1.165) is 82.4 Å². The Bertz CT molecular complexity index is 1590. The van der Waals surface area contributed by atoms with Crippen molar-refractivity contribution in [2.75, 3.05) is 29.9 Å². The molecule has 2 N–H and O–H groups in total. The average Bonchev–Trinajstić information content (AvgIpc) is 3.07. The largest absolute Gasteiger partial charge is 0.457 e. The Labute approximate surface area is 296 Å². The first-order valence-electron chi connectivity index (χ1n) is 17.4. The molecule has 1 aromatic carbocycles. The predicted octanol–water partition coefficient (Wildman–Crippen LogP) is 9.65. The van der Waals surface area contributed by atoms with Crippen LogP contribution in [-0.4, -0.2) is 46.8 Å². The Morgan fingerprint density at radius 2 is 1.96 bits per heavy atom. The lowest BCUT2D eigenvalue weighted by Gasteiger charge is -2.28. The minimum atomic E-state index is 0.126. The van der Waals surface area contributed by atoms with Crippen LogP contribution in [-0.2, 0) is 0 Å². The van der Waals surface area contributed by atoms with Gasteiger partial charge in [0.05, 0.1) is 10.2 Å². The number of nitrogens with one attached hydrogen (secondary N) is 1. The van der Waals surface area contributed by atoms with E-state index in [1.165, 1.54) is 24.8 Å². The second kappa shape index (κ2) is 18.2. The highest BCUT2D eigenvalue weighted by molar-refractivity contribution is 9.10. The summed E-state index contributed by atoms with van der Waals surface area (Å²) in [6, 6.07) is 8.21. The Morgan fingerprint density at radius 3 is 2.69 bits per heavy atom. The molecule has 8 nitrogen and oxygen atoms in total. The SMILES string of the molecule is CCC/C=C/N=C(Nc1ccc(OC2=CC3=C(C)C(C)C=NN3C=C2)c(C)c1)c1nc(N(CCCCCC)CC(C)CO)c(Br)cc1C. The van der Waals surface area contributed by atoms with Gasteiger partial charge in [0.15, 0.2) is 5.84 Å². The van der Waals surface area contributed by atoms with E-state index in [-0.39, 0.29) is 18.4 Å². The number of rotatable bonds is 16. The van der Waals surface area contributed by atoms with Crippen LogP contribution < -0.4 is 15.0 Å². The molecule has 2 unspecified atom stereocenters. The normalized spacial score (nSPS) is 16.8. The molecule has 0 amide bonds. The van der Waals surface area contributed by atoms with E-state index < -0.39 is 0 Å². The van der Waals surface area contributed by atoms with Crippen LogP contribution in [0.5, 0.6) is 5.75 Å². The highest BCUT2D eigenvalue weighted by atomic mass is 79.9. The summed E-state index contributed by atoms with van der Waals surface area (Å²) < 4.78 is 7.31. The monoisotopic (exact) mass is 716 g/mol. The fraction of sp³-hybridized carbons (Fsp3) is 0.462. The molecule has 3 heterocycles. The zero-order valence-corrected chi connectivity index (χ0v) is 31.3. The van der Waals surface area contributed by atoms with Crippen LogP contribution in [0.25, 0.3) is 0 Å². The molecule has 0 saturated carbocycles. The molecule has 2 aliphatic rings. The number of aliphatic hydroxyl groups excluding tert-OH is 1. The van der Waals surface area contributed by atoms with Crippen molar-refractivity contribution in [2.45, 2.75) is 87.0 Å². The number of ether oxygens (including phenoxy) is 1. The lowest BCUT2D eigenvalue weighted by molar-refractivity contribution is 0.239. The molecule has 0 spiro atoms. The Kier molecular flexibility index (Phi) is 14.1. The fourth-order valence-electron chi connectivity index (χ4n) is 5.55. The third-order valence-corrected chi connectivity index (χ3v) is 9.22. The zero-order valence-electron chi connectivity index (χ0n) is 29.8. The molecule has 0 bridgehead atoms. The van der Waals surface area contributed by atoms with E-state index in [2.05, 4.69) is 104 Å². The molecule has 4 rings (SSSR count). The number of aryl methyl sites for hydroxylation is 2. The smallest absolute Gasteiger partial charge is 0.156 e. The second-order valence-electron chi connectivity index (χ2n) is 12.9. The van der Waals surface area contributed by atoms with Crippen LogP contribution in [0.1, 0.15) is 90.0 Å². The number of halogens is 1. The first-order valence-corrected chi connectivity index (χ1v) is 18.2. The van der Waals surface area contributed by atoms with Gasteiger partial charge in [-0.25, -0.2) is 15.0 Å². The minimum absolute atomic E-state index is 0.126. The number of hydrogen-bond acceptors (Lipinski definition) is 7. The third-order valence-electron chi connectivity index (χ3n) is 8.63. The molecule has 48 heavy (non-hydrogen) atoms. The lowest BCUT2D eigenvalue weighted by atomic mass is 9.99. The predicted molar refractivity (Wildman–Crippen MR) is 205 cm³/mol. The lowest BCUT2D eigenvalue weighted by Crippen LogP contribution is -2.32. The van der Waals surface area contributed by atoms with Crippen LogP contribution in [0.2, 0.25) is 0 Å². The molecule has 2 atom stereocenters. The maximum Gasteiger partial charge on any atom is 0.156 e. The van der Waals surface area contributed by atoms with E-state index in [9.17, 15) is 5.11 Å². The number of aliphatic imine (C=N–C) groups is 1. The van der Waals surface area contributed by atoms with Crippen molar-refractivity contribution in [2.24, 2.45) is 21.9 Å². The summed E-state index contributed by atoms with van der Waals surface area (Å²) in [5, 5.41) is 19.9. The number of allylic oxidation sites excluding steroid dienone is 4. The van der Waals surface area contributed by atoms with Gasteiger partial charge in [-0.3, -0.25) is 0 Å². The van der Waals surface area contributed by atoms with Gasteiger partial charge in [0.25, 0.3) is 0 Å². The number of amidine groups is 1.